The fourth-order valence-electron chi connectivity index (χ4n) is 0. The zero-order valence-electron chi connectivity index (χ0n) is 2.13. The van der Waals surface area contributed by atoms with Gasteiger partial charge in [0, 0.05) is 0 Å². The second kappa shape index (κ2) is 7.02. The van der Waals surface area contributed by atoms with Gasteiger partial charge in [0.25, 0.3) is 0 Å². The van der Waals surface area contributed by atoms with Crippen LogP contribution in [0.4, 0.5) is 0 Å². The fourth-order valence-corrected chi connectivity index (χ4v) is 0. The van der Waals surface area contributed by atoms with Gasteiger partial charge in [-0.3, -0.25) is 0 Å². The Balaban J connectivity index is 0. The van der Waals surface area contributed by atoms with Crippen molar-refractivity contribution >= 4 is 54.4 Å². The van der Waals surface area contributed by atoms with Gasteiger partial charge in [0.1, 0.15) is 0 Å². The van der Waals surface area contributed by atoms with Crippen LogP contribution < -0.4 is 0 Å². The summed E-state index contributed by atoms with van der Waals surface area (Å²) < 4.78 is 0. The summed E-state index contributed by atoms with van der Waals surface area (Å²) in [5.74, 6) is 0. The molecule has 0 fully saturated rings. The Morgan fingerprint density at radius 1 is 1.00 bits per heavy atom. The number of hydrogen-bond acceptors (Lipinski definition) is 0. The zero-order valence-corrected chi connectivity index (χ0v) is 12.2. The second-order valence-electron chi connectivity index (χ2n) is 0.214. The van der Waals surface area contributed by atoms with Crippen LogP contribution in [0, 0.1) is 0 Å². The Hall–Kier alpha value is 3.02. The topological polar surface area (TPSA) is 31.5 Å². The first-order valence-electron chi connectivity index (χ1n) is 0.567. The molecule has 0 atom stereocenters. The van der Waals surface area contributed by atoms with E-state index in [1.165, 1.54) is 0 Å². The van der Waals surface area contributed by atoms with E-state index >= 15 is 0 Å². The molecule has 0 aliphatic rings. The first kappa shape index (κ1) is 10.9. The summed E-state index contributed by atoms with van der Waals surface area (Å²) in [5, 5.41) is 0. The Labute approximate surface area is 66.8 Å². The summed E-state index contributed by atoms with van der Waals surface area (Å²) in [6.45, 7) is 0. The molecule has 2 N–H and O–H groups in total. The third kappa shape index (κ3) is 19.4. The van der Waals surface area contributed by atoms with Crippen LogP contribution in [0.2, 0.25) is 0 Å². The van der Waals surface area contributed by atoms with Gasteiger partial charge in [0.15, 0.2) is 0 Å². The summed E-state index contributed by atoms with van der Waals surface area (Å²) in [4.78, 5) is 0. The van der Waals surface area contributed by atoms with E-state index in [1.54, 1.807) is 0 Å². The van der Waals surface area contributed by atoms with Gasteiger partial charge in [-0.05, 0) is 0 Å². The van der Waals surface area contributed by atoms with Gasteiger partial charge in [0.2, 0.25) is 0 Å². The molecular formula is H2HfI3O. The predicted molar refractivity (Wildman–Crippen MR) is 45.7 cm³/mol. The molecule has 0 heterocycles. The SMILES string of the molecule is O.[I][Hf]([I])[I]. The molecule has 0 amide bonds. The zero-order chi connectivity index (χ0) is 3.58. The number of rotatable bonds is 0. The standard InChI is InChI=1S/Hf.3HI.H2O/h;3*1H;1H2/q+3;;;;/p-3. The van der Waals surface area contributed by atoms with Gasteiger partial charge < -0.3 is 5.48 Å². The Kier molecular flexibility index (Phi) is 15.3. The van der Waals surface area contributed by atoms with Crippen molar-refractivity contribution in [2.75, 3.05) is 0 Å². The average molecular weight is 577 g/mol. The van der Waals surface area contributed by atoms with Gasteiger partial charge in [0.05, 0.1) is 0 Å². The van der Waals surface area contributed by atoms with Crippen molar-refractivity contribution in [3.63, 3.8) is 0 Å². The quantitative estimate of drug-likeness (QED) is 0.311. The summed E-state index contributed by atoms with van der Waals surface area (Å²) in [7, 11) is -0.747. The average Bonchev–Trinajstić information content (AvgIpc) is 0.811. The van der Waals surface area contributed by atoms with Crippen LogP contribution in [0.5, 0.6) is 0 Å². The van der Waals surface area contributed by atoms with Gasteiger partial charge in [-0.2, -0.15) is 0 Å². The van der Waals surface area contributed by atoms with Gasteiger partial charge in [-0.15, -0.1) is 0 Å². The van der Waals surface area contributed by atoms with Crippen LogP contribution in [0.15, 0.2) is 0 Å². The molecule has 0 aromatic heterocycles. The van der Waals surface area contributed by atoms with Crippen LogP contribution in [-0.2, 0) is 8.97 Å². The molecule has 0 bridgehead atoms. The fraction of sp³-hybridized carbons (Fsp3) is 0. The molecule has 0 radical (unpaired) electrons. The molecule has 0 aliphatic heterocycles. The monoisotopic (exact) mass is 579 g/mol. The third-order valence-electron chi connectivity index (χ3n) is 0. The molecule has 0 rings (SSSR count). The minimum absolute atomic E-state index is 0. The normalized spacial score (nSPS) is 5.40. The summed E-state index contributed by atoms with van der Waals surface area (Å²) in [6, 6.07) is 0. The molecule has 0 saturated carbocycles. The van der Waals surface area contributed by atoms with E-state index in [9.17, 15) is 0 Å². The van der Waals surface area contributed by atoms with Crippen molar-refractivity contribution in [1.29, 1.82) is 0 Å². The summed E-state index contributed by atoms with van der Waals surface area (Å²) >= 11 is 7.59. The first-order chi connectivity index (χ1) is 1.73. The van der Waals surface area contributed by atoms with E-state index in [2.05, 4.69) is 54.4 Å². The van der Waals surface area contributed by atoms with E-state index in [0.29, 0.717) is 0 Å². The molecule has 0 spiro atoms. The van der Waals surface area contributed by atoms with Crippen molar-refractivity contribution < 1.29 is 14.4 Å². The summed E-state index contributed by atoms with van der Waals surface area (Å²) in [6.07, 6.45) is 0. The van der Waals surface area contributed by atoms with Crippen molar-refractivity contribution in [2.45, 2.75) is 0 Å². The Bertz CT molecular complexity index is 11.6. The van der Waals surface area contributed by atoms with E-state index in [4.69, 9.17) is 0 Å². The Morgan fingerprint density at radius 3 is 1.00 bits per heavy atom. The van der Waals surface area contributed by atoms with Crippen LogP contribution in [0.25, 0.3) is 0 Å². The minimum atomic E-state index is -0.747. The molecule has 0 aromatic carbocycles. The van der Waals surface area contributed by atoms with E-state index in [0.717, 1.165) is 0 Å². The van der Waals surface area contributed by atoms with Crippen LogP contribution >= 0.6 is 54.4 Å². The van der Waals surface area contributed by atoms with Crippen molar-refractivity contribution in [1.82, 2.24) is 0 Å². The van der Waals surface area contributed by atoms with E-state index < -0.39 is 8.97 Å². The number of hydrogen-bond donors (Lipinski definition) is 0. The van der Waals surface area contributed by atoms with Crippen molar-refractivity contribution in [3.05, 3.63) is 0 Å². The molecule has 1 nitrogen and oxygen atoms in total. The number of halogens is 3. The molecule has 33 valence electrons. The molecule has 0 saturated heterocycles. The van der Waals surface area contributed by atoms with Crippen LogP contribution in [-0.4, -0.2) is 5.48 Å². The summed E-state index contributed by atoms with van der Waals surface area (Å²) in [5.41, 5.74) is 0. The van der Waals surface area contributed by atoms with Crippen molar-refractivity contribution in [3.8, 4) is 0 Å². The van der Waals surface area contributed by atoms with Crippen LogP contribution in [0.3, 0.4) is 0 Å². The molecule has 5 heavy (non-hydrogen) atoms. The van der Waals surface area contributed by atoms with E-state index in [1.807, 2.05) is 0 Å². The van der Waals surface area contributed by atoms with Crippen LogP contribution in [0.1, 0.15) is 0 Å². The van der Waals surface area contributed by atoms with Gasteiger partial charge in [-0.1, -0.05) is 0 Å². The molecule has 0 aliphatic carbocycles. The second-order valence-corrected chi connectivity index (χ2v) is 78.9. The predicted octanol–water partition coefficient (Wildman–Crippen LogP) is 1.83. The van der Waals surface area contributed by atoms with Gasteiger partial charge >= 0.3 is 63.4 Å². The third-order valence-corrected chi connectivity index (χ3v) is 0. The molecular weight excluding hydrogens is 575 g/mol. The van der Waals surface area contributed by atoms with E-state index in [-0.39, 0.29) is 5.48 Å². The maximum absolute atomic E-state index is 2.53. The maximum atomic E-state index is 2.53. The van der Waals surface area contributed by atoms with Gasteiger partial charge in [-0.25, -0.2) is 0 Å². The molecule has 0 aromatic rings. The first-order valence-corrected chi connectivity index (χ1v) is 31.1. The molecule has 5 heteroatoms. The Morgan fingerprint density at radius 2 is 1.00 bits per heavy atom. The molecule has 0 unspecified atom stereocenters. The van der Waals surface area contributed by atoms with Crippen molar-refractivity contribution in [2.24, 2.45) is 0 Å².